The molecule has 0 unspecified atom stereocenters. The van der Waals surface area contributed by atoms with Crippen LogP contribution in [0.1, 0.15) is 0 Å². The molecule has 0 amide bonds. The van der Waals surface area contributed by atoms with Gasteiger partial charge in [0.15, 0.2) is 0 Å². The summed E-state index contributed by atoms with van der Waals surface area (Å²) in [7, 11) is 0. The molecule has 0 heterocycles. The molecule has 0 saturated heterocycles. The summed E-state index contributed by atoms with van der Waals surface area (Å²) in [4.78, 5) is 0. The van der Waals surface area contributed by atoms with Gasteiger partial charge in [0.05, 0.1) is 0 Å². The lowest BCUT2D eigenvalue weighted by Crippen LogP contribution is -2.67. The number of hydrogen-bond donors (Lipinski definition) is 1. The third kappa shape index (κ3) is 3.11. The summed E-state index contributed by atoms with van der Waals surface area (Å²) in [6, 6.07) is 0. The highest BCUT2D eigenvalue weighted by atomic mass is 19.4. The summed E-state index contributed by atoms with van der Waals surface area (Å²) in [5.74, 6) is -41.1. The summed E-state index contributed by atoms with van der Waals surface area (Å²) >= 11 is 0. The highest BCUT2D eigenvalue weighted by Crippen LogP contribution is 2.58. The number of alkyl halides is 13. The maximum Gasteiger partial charge on any atom is 0.445 e. The molecule has 0 atom stereocenters. The van der Waals surface area contributed by atoms with E-state index in [9.17, 15) is 65.9 Å². The van der Waals surface area contributed by atoms with E-state index in [0.717, 1.165) is 0 Å². The predicted octanol–water partition coefficient (Wildman–Crippen LogP) is 4.83. The first-order valence-corrected chi connectivity index (χ1v) is 4.81. The molecule has 1 N–H and O–H groups in total. The minimum Gasteiger partial charge on any atom is -0.331 e. The molecule has 0 aliphatic carbocycles. The van der Waals surface area contributed by atoms with Gasteiger partial charge >= 0.3 is 36.0 Å². The van der Waals surface area contributed by atoms with Crippen molar-refractivity contribution in [3.05, 3.63) is 11.7 Å². The van der Waals surface area contributed by atoms with E-state index >= 15 is 0 Å². The molecular formula is C8HF15O. The molecule has 144 valence electrons. The molecule has 16 heteroatoms. The summed E-state index contributed by atoms with van der Waals surface area (Å²) < 4.78 is 184. The van der Waals surface area contributed by atoms with Gasteiger partial charge in [-0.1, -0.05) is 0 Å². The summed E-state index contributed by atoms with van der Waals surface area (Å²) in [5, 5.41) is 7.39. The molecule has 0 fully saturated rings. The van der Waals surface area contributed by atoms with E-state index in [1.807, 2.05) is 0 Å². The summed E-state index contributed by atoms with van der Waals surface area (Å²) in [5.41, 5.74) is 0. The first kappa shape index (κ1) is 22.6. The molecule has 0 aliphatic rings. The van der Waals surface area contributed by atoms with Crippen LogP contribution in [0.2, 0.25) is 0 Å². The topological polar surface area (TPSA) is 20.2 Å². The maximum absolute atomic E-state index is 12.8. The van der Waals surface area contributed by atoms with Crippen LogP contribution in [0.15, 0.2) is 11.7 Å². The van der Waals surface area contributed by atoms with Crippen LogP contribution in [0.3, 0.4) is 0 Å². The van der Waals surface area contributed by atoms with Crippen LogP contribution >= 0.6 is 0 Å². The lowest BCUT2D eigenvalue weighted by molar-refractivity contribution is -0.435. The smallest absolute Gasteiger partial charge is 0.331 e. The van der Waals surface area contributed by atoms with Crippen LogP contribution in [0, 0.1) is 0 Å². The fourth-order valence-corrected chi connectivity index (χ4v) is 0.983. The van der Waals surface area contributed by atoms with Crippen molar-refractivity contribution in [2.75, 3.05) is 0 Å². The van der Waals surface area contributed by atoms with Crippen LogP contribution in [0.25, 0.3) is 0 Å². The van der Waals surface area contributed by atoms with Gasteiger partial charge in [-0.3, -0.25) is 0 Å². The van der Waals surface area contributed by atoms with Crippen molar-refractivity contribution in [2.24, 2.45) is 0 Å². The van der Waals surface area contributed by atoms with E-state index in [2.05, 4.69) is 0 Å². The first-order chi connectivity index (χ1) is 10.1. The van der Waals surface area contributed by atoms with Crippen LogP contribution in [-0.4, -0.2) is 41.1 Å². The Morgan fingerprint density at radius 1 is 0.500 bits per heavy atom. The van der Waals surface area contributed by atoms with Crippen molar-refractivity contribution in [1.82, 2.24) is 0 Å². The van der Waals surface area contributed by atoms with Gasteiger partial charge in [0.2, 0.25) is 11.7 Å². The van der Waals surface area contributed by atoms with Gasteiger partial charge in [0, 0.05) is 0 Å². The zero-order chi connectivity index (χ0) is 20.2. The summed E-state index contributed by atoms with van der Waals surface area (Å²) in [6.45, 7) is 0. The van der Waals surface area contributed by atoms with E-state index < -0.39 is 47.6 Å². The standard InChI is InChI=1S/C8HF15O/c9-1(2(10)4(13,14)15)3(11,12)5(16,17)6(18,19)7(20,21)8(22,23)24/h24H/b2-1+. The molecule has 0 aliphatic heterocycles. The number of aliphatic hydroxyl groups is 1. The Morgan fingerprint density at radius 3 is 1.08 bits per heavy atom. The van der Waals surface area contributed by atoms with Crippen molar-refractivity contribution in [3.63, 3.8) is 0 Å². The highest BCUT2D eigenvalue weighted by molar-refractivity contribution is 5.21. The van der Waals surface area contributed by atoms with Crippen molar-refractivity contribution < 1.29 is 71.0 Å². The highest BCUT2D eigenvalue weighted by Gasteiger charge is 2.87. The third-order valence-electron chi connectivity index (χ3n) is 2.28. The molecule has 0 spiro atoms. The van der Waals surface area contributed by atoms with E-state index in [1.54, 1.807) is 0 Å². The molecule has 0 aromatic heterocycles. The lowest BCUT2D eigenvalue weighted by atomic mass is 9.96. The fraction of sp³-hybridized carbons (Fsp3) is 0.750. The van der Waals surface area contributed by atoms with Gasteiger partial charge in [0.1, 0.15) is 0 Å². The monoisotopic (exact) mass is 398 g/mol. The Balaban J connectivity index is 6.43. The van der Waals surface area contributed by atoms with Crippen molar-refractivity contribution in [3.8, 4) is 0 Å². The second kappa shape index (κ2) is 5.59. The van der Waals surface area contributed by atoms with Crippen LogP contribution in [0.5, 0.6) is 0 Å². The van der Waals surface area contributed by atoms with Crippen LogP contribution < -0.4 is 0 Å². The lowest BCUT2D eigenvalue weighted by Gasteiger charge is -2.37. The van der Waals surface area contributed by atoms with Crippen LogP contribution in [0.4, 0.5) is 65.9 Å². The van der Waals surface area contributed by atoms with Crippen molar-refractivity contribution in [1.29, 1.82) is 0 Å². The zero-order valence-corrected chi connectivity index (χ0v) is 10.1. The van der Waals surface area contributed by atoms with Gasteiger partial charge < -0.3 is 5.11 Å². The third-order valence-corrected chi connectivity index (χ3v) is 2.28. The number of hydrogen-bond acceptors (Lipinski definition) is 1. The minimum absolute atomic E-state index is 4.69. The largest absolute Gasteiger partial charge is 0.445 e. The molecular weight excluding hydrogens is 397 g/mol. The molecule has 0 aromatic rings. The molecule has 0 aromatic carbocycles. The van der Waals surface area contributed by atoms with E-state index in [4.69, 9.17) is 5.11 Å². The number of allylic oxidation sites excluding steroid dienone is 2. The quantitative estimate of drug-likeness (QED) is 0.659. The Morgan fingerprint density at radius 2 is 0.833 bits per heavy atom. The van der Waals surface area contributed by atoms with Gasteiger partial charge in [-0.05, 0) is 0 Å². The summed E-state index contributed by atoms with van der Waals surface area (Å²) in [6.07, 6.45) is -13.8. The molecule has 24 heavy (non-hydrogen) atoms. The van der Waals surface area contributed by atoms with Gasteiger partial charge in [-0.15, -0.1) is 0 Å². The average Bonchev–Trinajstić information content (AvgIpc) is 2.33. The second-order valence-corrected chi connectivity index (χ2v) is 3.96. The average molecular weight is 398 g/mol. The number of rotatable bonds is 5. The molecule has 0 rings (SSSR count). The maximum atomic E-state index is 12.8. The van der Waals surface area contributed by atoms with E-state index in [-0.39, 0.29) is 0 Å². The normalized spacial score (nSPS) is 17.0. The van der Waals surface area contributed by atoms with Crippen molar-refractivity contribution in [2.45, 2.75) is 36.0 Å². The predicted molar refractivity (Wildman–Crippen MR) is 42.3 cm³/mol. The minimum atomic E-state index is -8.03. The Kier molecular flexibility index (Phi) is 5.27. The Hall–Kier alpha value is -1.35. The van der Waals surface area contributed by atoms with Crippen molar-refractivity contribution >= 4 is 0 Å². The molecule has 0 saturated carbocycles. The van der Waals surface area contributed by atoms with E-state index in [0.29, 0.717) is 0 Å². The Bertz CT molecular complexity index is 507. The van der Waals surface area contributed by atoms with Gasteiger partial charge in [0.25, 0.3) is 0 Å². The van der Waals surface area contributed by atoms with Crippen LogP contribution in [-0.2, 0) is 0 Å². The number of halogens is 15. The van der Waals surface area contributed by atoms with Gasteiger partial charge in [-0.2, -0.15) is 61.5 Å². The van der Waals surface area contributed by atoms with Gasteiger partial charge in [-0.25, -0.2) is 4.39 Å². The van der Waals surface area contributed by atoms with E-state index in [1.165, 1.54) is 0 Å². The first-order valence-electron chi connectivity index (χ1n) is 4.81. The fourth-order valence-electron chi connectivity index (χ4n) is 0.983. The SMILES string of the molecule is OC(F)(F)C(F)(F)C(F)(F)C(F)(F)C(F)(F)/C(F)=C(\F)C(F)(F)F. The second-order valence-electron chi connectivity index (χ2n) is 3.96. The molecule has 1 nitrogen and oxygen atoms in total. The zero-order valence-electron chi connectivity index (χ0n) is 10.1. The molecule has 0 radical (unpaired) electrons. The Labute approximate surface area is 120 Å². The molecule has 0 bridgehead atoms.